The average Bonchev–Trinajstić information content (AvgIpc) is 2.60. The van der Waals surface area contributed by atoms with E-state index >= 15 is 0 Å². The summed E-state index contributed by atoms with van der Waals surface area (Å²) in [5, 5.41) is 4.30. The van der Waals surface area contributed by atoms with Crippen LogP contribution in [0.4, 0.5) is 0 Å². The highest BCUT2D eigenvalue weighted by molar-refractivity contribution is 9.10. The molecule has 0 radical (unpaired) electrons. The minimum Gasteiger partial charge on any atom is -0.268 e. The summed E-state index contributed by atoms with van der Waals surface area (Å²) in [7, 11) is 1.98. The van der Waals surface area contributed by atoms with Crippen LogP contribution in [0.15, 0.2) is 22.9 Å². The Balaban J connectivity index is 2.31. The van der Waals surface area contributed by atoms with Crippen LogP contribution in [-0.4, -0.2) is 14.8 Å². The third-order valence-corrected chi connectivity index (χ3v) is 3.27. The van der Waals surface area contributed by atoms with Crippen molar-refractivity contribution in [3.8, 4) is 11.3 Å². The van der Waals surface area contributed by atoms with Crippen molar-refractivity contribution in [1.29, 1.82) is 0 Å². The second kappa shape index (κ2) is 3.17. The Labute approximate surface area is 96.3 Å². The molecular formula is C11H10BrN3. The minimum atomic E-state index is 1.02. The molecule has 2 aromatic heterocycles. The summed E-state index contributed by atoms with van der Waals surface area (Å²) in [6, 6.07) is 2.13. The van der Waals surface area contributed by atoms with E-state index in [1.54, 1.807) is 0 Å². The van der Waals surface area contributed by atoms with Crippen molar-refractivity contribution in [1.82, 2.24) is 14.8 Å². The molecule has 2 aromatic rings. The summed E-state index contributed by atoms with van der Waals surface area (Å²) in [6.07, 6.45) is 5.88. The molecule has 3 nitrogen and oxygen atoms in total. The number of fused-ring (bicyclic) bond motifs is 3. The van der Waals surface area contributed by atoms with Gasteiger partial charge in [-0.1, -0.05) is 0 Å². The molecule has 3 rings (SSSR count). The van der Waals surface area contributed by atoms with E-state index in [-0.39, 0.29) is 0 Å². The third-order valence-electron chi connectivity index (χ3n) is 2.84. The topological polar surface area (TPSA) is 30.7 Å². The summed E-state index contributed by atoms with van der Waals surface area (Å²) < 4.78 is 2.96. The highest BCUT2D eigenvalue weighted by Crippen LogP contribution is 2.33. The van der Waals surface area contributed by atoms with E-state index < -0.39 is 0 Å². The normalized spacial score (nSPS) is 13.5. The molecule has 76 valence electrons. The van der Waals surface area contributed by atoms with Gasteiger partial charge in [-0.15, -0.1) is 0 Å². The van der Waals surface area contributed by atoms with E-state index in [1.165, 1.54) is 22.5 Å². The molecule has 0 N–H and O–H groups in total. The van der Waals surface area contributed by atoms with E-state index in [9.17, 15) is 0 Å². The predicted molar refractivity (Wildman–Crippen MR) is 61.5 cm³/mol. The summed E-state index contributed by atoms with van der Waals surface area (Å²) in [6.45, 7) is 0. The molecule has 1 aliphatic rings. The molecule has 0 aliphatic heterocycles. The Morgan fingerprint density at radius 3 is 3.07 bits per heavy atom. The van der Waals surface area contributed by atoms with Gasteiger partial charge < -0.3 is 0 Å². The van der Waals surface area contributed by atoms with Gasteiger partial charge in [0.25, 0.3) is 0 Å². The van der Waals surface area contributed by atoms with Crippen LogP contribution in [0, 0.1) is 0 Å². The molecule has 0 saturated carbocycles. The molecule has 0 amide bonds. The molecule has 2 heterocycles. The second-order valence-corrected chi connectivity index (χ2v) is 4.71. The first-order valence-corrected chi connectivity index (χ1v) is 5.70. The van der Waals surface area contributed by atoms with E-state index in [4.69, 9.17) is 0 Å². The van der Waals surface area contributed by atoms with E-state index in [1.807, 2.05) is 24.1 Å². The molecule has 15 heavy (non-hydrogen) atoms. The molecule has 0 atom stereocenters. The van der Waals surface area contributed by atoms with Gasteiger partial charge in [0.05, 0.1) is 17.6 Å². The van der Waals surface area contributed by atoms with Crippen LogP contribution in [0.3, 0.4) is 0 Å². The van der Waals surface area contributed by atoms with Crippen LogP contribution < -0.4 is 0 Å². The molecule has 0 spiro atoms. The van der Waals surface area contributed by atoms with E-state index in [0.29, 0.717) is 0 Å². The highest BCUT2D eigenvalue weighted by atomic mass is 79.9. The number of aromatic nitrogens is 3. The van der Waals surface area contributed by atoms with Gasteiger partial charge in [0.1, 0.15) is 0 Å². The van der Waals surface area contributed by atoms with Crippen molar-refractivity contribution in [3.63, 3.8) is 0 Å². The smallest absolute Gasteiger partial charge is 0.0729 e. The molecule has 0 unspecified atom stereocenters. The summed E-state index contributed by atoms with van der Waals surface area (Å²) in [4.78, 5) is 4.45. The fourth-order valence-electron chi connectivity index (χ4n) is 2.14. The fourth-order valence-corrected chi connectivity index (χ4v) is 2.47. The van der Waals surface area contributed by atoms with Gasteiger partial charge in [-0.25, -0.2) is 0 Å². The Hall–Kier alpha value is -1.16. The third kappa shape index (κ3) is 1.32. The number of rotatable bonds is 0. The quantitative estimate of drug-likeness (QED) is 0.731. The lowest BCUT2D eigenvalue weighted by molar-refractivity contribution is 0.768. The summed E-state index contributed by atoms with van der Waals surface area (Å²) >= 11 is 3.46. The zero-order valence-corrected chi connectivity index (χ0v) is 9.95. The Bertz CT molecular complexity index is 531. The van der Waals surface area contributed by atoms with Crippen molar-refractivity contribution in [2.45, 2.75) is 12.8 Å². The molecule has 4 heteroatoms. The molecule has 0 bridgehead atoms. The first-order chi connectivity index (χ1) is 7.25. The van der Waals surface area contributed by atoms with Gasteiger partial charge in [0, 0.05) is 23.3 Å². The van der Waals surface area contributed by atoms with Gasteiger partial charge >= 0.3 is 0 Å². The largest absolute Gasteiger partial charge is 0.268 e. The van der Waals surface area contributed by atoms with Crippen LogP contribution in [-0.2, 0) is 19.9 Å². The Morgan fingerprint density at radius 2 is 2.20 bits per heavy atom. The maximum atomic E-state index is 4.45. The highest BCUT2D eigenvalue weighted by Gasteiger charge is 2.20. The van der Waals surface area contributed by atoms with Crippen molar-refractivity contribution >= 4 is 15.9 Å². The zero-order chi connectivity index (χ0) is 10.4. The lowest BCUT2D eigenvalue weighted by atomic mass is 9.94. The monoisotopic (exact) mass is 263 g/mol. The van der Waals surface area contributed by atoms with Crippen molar-refractivity contribution in [3.05, 3.63) is 34.2 Å². The number of aryl methyl sites for hydroxylation is 3. The molecule has 0 fully saturated rings. The number of pyridine rings is 1. The number of nitrogens with zero attached hydrogens (tertiary/aromatic N) is 3. The maximum Gasteiger partial charge on any atom is 0.0729 e. The van der Waals surface area contributed by atoms with Crippen LogP contribution in [0.25, 0.3) is 11.3 Å². The standard InChI is InChI=1S/C11H10BrN3/c1-15-11-7(5-14-15)2-3-10-9(11)4-8(12)6-13-10/h4-6H,2-3H2,1H3. The van der Waals surface area contributed by atoms with Crippen LogP contribution in [0.2, 0.25) is 0 Å². The van der Waals surface area contributed by atoms with Gasteiger partial charge in [-0.05, 0) is 40.4 Å². The van der Waals surface area contributed by atoms with Gasteiger partial charge in [0.15, 0.2) is 0 Å². The lowest BCUT2D eigenvalue weighted by Gasteiger charge is -2.16. The summed E-state index contributed by atoms with van der Waals surface area (Å²) in [5.74, 6) is 0. The SMILES string of the molecule is Cn1ncc2c1-c1cc(Br)cnc1CC2. The maximum absolute atomic E-state index is 4.45. The van der Waals surface area contributed by atoms with Crippen LogP contribution >= 0.6 is 15.9 Å². The zero-order valence-electron chi connectivity index (χ0n) is 8.37. The number of hydrogen-bond donors (Lipinski definition) is 0. The number of halogens is 1. The first kappa shape index (κ1) is 9.09. The molecule has 0 saturated heterocycles. The summed E-state index contributed by atoms with van der Waals surface area (Å²) in [5.41, 5.74) is 4.93. The number of hydrogen-bond acceptors (Lipinski definition) is 2. The second-order valence-electron chi connectivity index (χ2n) is 3.79. The molecule has 0 aromatic carbocycles. The minimum absolute atomic E-state index is 1.02. The van der Waals surface area contributed by atoms with Crippen LogP contribution in [0.1, 0.15) is 11.3 Å². The Morgan fingerprint density at radius 1 is 1.33 bits per heavy atom. The molecular weight excluding hydrogens is 254 g/mol. The van der Waals surface area contributed by atoms with Crippen LogP contribution in [0.5, 0.6) is 0 Å². The Kier molecular flexibility index (Phi) is 1.92. The predicted octanol–water partition coefficient (Wildman–Crippen LogP) is 2.34. The van der Waals surface area contributed by atoms with Gasteiger partial charge in [0.2, 0.25) is 0 Å². The lowest BCUT2D eigenvalue weighted by Crippen LogP contribution is -2.07. The average molecular weight is 264 g/mol. The van der Waals surface area contributed by atoms with Crippen molar-refractivity contribution in [2.24, 2.45) is 7.05 Å². The van der Waals surface area contributed by atoms with E-state index in [2.05, 4.69) is 32.1 Å². The van der Waals surface area contributed by atoms with Crippen molar-refractivity contribution in [2.75, 3.05) is 0 Å². The fraction of sp³-hybridized carbons (Fsp3) is 0.273. The van der Waals surface area contributed by atoms with E-state index in [0.717, 1.165) is 17.3 Å². The molecule has 1 aliphatic carbocycles. The van der Waals surface area contributed by atoms with Gasteiger partial charge in [-0.2, -0.15) is 5.10 Å². The van der Waals surface area contributed by atoms with Gasteiger partial charge in [-0.3, -0.25) is 9.67 Å². The first-order valence-electron chi connectivity index (χ1n) is 4.91. The van der Waals surface area contributed by atoms with Crippen molar-refractivity contribution < 1.29 is 0 Å².